The molecule has 0 fully saturated rings. The Kier molecular flexibility index (Phi) is 2.96. The van der Waals surface area contributed by atoms with Crippen LogP contribution >= 0.6 is 11.3 Å². The van der Waals surface area contributed by atoms with Gasteiger partial charge in [-0.1, -0.05) is 0 Å². The van der Waals surface area contributed by atoms with Gasteiger partial charge in [0.15, 0.2) is 0 Å². The summed E-state index contributed by atoms with van der Waals surface area (Å²) in [4.78, 5) is 10.2. The van der Waals surface area contributed by atoms with Crippen LogP contribution in [0, 0.1) is 10.1 Å². The molecule has 0 aliphatic rings. The topological polar surface area (TPSA) is 87.0 Å². The molecule has 2 N–H and O–H groups in total. The van der Waals surface area contributed by atoms with Crippen molar-refractivity contribution in [2.75, 3.05) is 5.73 Å². The predicted octanol–water partition coefficient (Wildman–Crippen LogP) is 3.09. The van der Waals surface area contributed by atoms with Crippen LogP contribution in [0.25, 0.3) is 16.9 Å². The summed E-state index contributed by atoms with van der Waals surface area (Å²) in [5.41, 5.74) is 8.98. The second kappa shape index (κ2) is 4.78. The molecule has 6 nitrogen and oxygen atoms in total. The van der Waals surface area contributed by atoms with E-state index in [4.69, 9.17) is 5.73 Å². The standard InChI is InChI=1S/C13H10N4O2S/c14-12-7-16(15-13(12)9-5-6-20-8-9)10-1-3-11(4-2-10)17(18)19/h1-8H,14H2. The van der Waals surface area contributed by atoms with Crippen molar-refractivity contribution in [1.82, 2.24) is 9.78 Å². The van der Waals surface area contributed by atoms with E-state index < -0.39 is 4.92 Å². The number of anilines is 1. The van der Waals surface area contributed by atoms with Gasteiger partial charge in [-0.3, -0.25) is 10.1 Å². The highest BCUT2D eigenvalue weighted by Gasteiger charge is 2.11. The Balaban J connectivity index is 1.99. The van der Waals surface area contributed by atoms with Gasteiger partial charge in [0, 0.05) is 23.1 Å². The highest BCUT2D eigenvalue weighted by atomic mass is 32.1. The van der Waals surface area contributed by atoms with Gasteiger partial charge in [0.25, 0.3) is 5.69 Å². The van der Waals surface area contributed by atoms with Gasteiger partial charge in [-0.2, -0.15) is 16.4 Å². The molecule has 0 aliphatic carbocycles. The monoisotopic (exact) mass is 286 g/mol. The Morgan fingerprint density at radius 2 is 2.00 bits per heavy atom. The van der Waals surface area contributed by atoms with Crippen molar-refractivity contribution in [1.29, 1.82) is 0 Å². The van der Waals surface area contributed by atoms with Crippen LogP contribution in [0.15, 0.2) is 47.3 Å². The minimum atomic E-state index is -0.433. The van der Waals surface area contributed by atoms with Crippen LogP contribution in [0.2, 0.25) is 0 Å². The van der Waals surface area contributed by atoms with Crippen LogP contribution in [0.4, 0.5) is 11.4 Å². The first-order valence-electron chi connectivity index (χ1n) is 5.77. The SMILES string of the molecule is Nc1cn(-c2ccc([N+](=O)[O-])cc2)nc1-c1ccsc1. The average molecular weight is 286 g/mol. The van der Waals surface area contributed by atoms with Crippen molar-refractivity contribution < 1.29 is 4.92 Å². The fourth-order valence-corrected chi connectivity index (χ4v) is 2.51. The number of nitro benzene ring substituents is 1. The van der Waals surface area contributed by atoms with Crippen LogP contribution in [0.1, 0.15) is 0 Å². The lowest BCUT2D eigenvalue weighted by Gasteiger charge is -2.00. The zero-order chi connectivity index (χ0) is 14.1. The van der Waals surface area contributed by atoms with Gasteiger partial charge in [0.05, 0.1) is 22.5 Å². The maximum atomic E-state index is 10.6. The summed E-state index contributed by atoms with van der Waals surface area (Å²) < 4.78 is 1.62. The second-order valence-electron chi connectivity index (χ2n) is 4.16. The maximum Gasteiger partial charge on any atom is 0.269 e. The smallest absolute Gasteiger partial charge is 0.269 e. The molecule has 0 amide bonds. The molecule has 0 spiro atoms. The van der Waals surface area contributed by atoms with Crippen LogP contribution in [0.5, 0.6) is 0 Å². The molecule has 0 bridgehead atoms. The van der Waals surface area contributed by atoms with Gasteiger partial charge in [-0.05, 0) is 23.6 Å². The molecule has 0 saturated heterocycles. The van der Waals surface area contributed by atoms with Gasteiger partial charge >= 0.3 is 0 Å². The predicted molar refractivity (Wildman–Crippen MR) is 77.9 cm³/mol. The summed E-state index contributed by atoms with van der Waals surface area (Å²) >= 11 is 1.57. The van der Waals surface area contributed by atoms with Gasteiger partial charge in [-0.25, -0.2) is 4.68 Å². The molecule has 2 aromatic heterocycles. The highest BCUT2D eigenvalue weighted by molar-refractivity contribution is 7.08. The van der Waals surface area contributed by atoms with Gasteiger partial charge in [0.1, 0.15) is 5.69 Å². The lowest BCUT2D eigenvalue weighted by molar-refractivity contribution is -0.384. The van der Waals surface area contributed by atoms with Crippen molar-refractivity contribution in [3.8, 4) is 16.9 Å². The molecule has 7 heteroatoms. The van der Waals surface area contributed by atoms with Crippen LogP contribution in [-0.2, 0) is 0 Å². The third kappa shape index (κ3) is 2.14. The Labute approximate surface area is 118 Å². The van der Waals surface area contributed by atoms with E-state index in [2.05, 4.69) is 5.10 Å². The van der Waals surface area contributed by atoms with Crippen LogP contribution in [-0.4, -0.2) is 14.7 Å². The summed E-state index contributed by atoms with van der Waals surface area (Å²) in [5, 5.41) is 19.0. The third-order valence-electron chi connectivity index (χ3n) is 2.86. The van der Waals surface area contributed by atoms with E-state index >= 15 is 0 Å². The van der Waals surface area contributed by atoms with E-state index in [-0.39, 0.29) is 5.69 Å². The number of nitro groups is 1. The zero-order valence-electron chi connectivity index (χ0n) is 10.3. The Bertz CT molecular complexity index is 747. The molecule has 0 unspecified atom stereocenters. The first-order valence-corrected chi connectivity index (χ1v) is 6.72. The van der Waals surface area contributed by atoms with Crippen molar-refractivity contribution in [2.24, 2.45) is 0 Å². The first-order chi connectivity index (χ1) is 9.65. The number of benzene rings is 1. The van der Waals surface area contributed by atoms with E-state index in [1.807, 2.05) is 16.8 Å². The number of thiophene rings is 1. The van der Waals surface area contributed by atoms with Crippen molar-refractivity contribution in [3.05, 3.63) is 57.4 Å². The number of nitrogens with zero attached hydrogens (tertiary/aromatic N) is 3. The maximum absolute atomic E-state index is 10.6. The quantitative estimate of drug-likeness (QED) is 0.592. The summed E-state index contributed by atoms with van der Waals surface area (Å²) in [6.45, 7) is 0. The summed E-state index contributed by atoms with van der Waals surface area (Å²) in [6, 6.07) is 8.11. The molecule has 100 valence electrons. The van der Waals surface area contributed by atoms with Crippen molar-refractivity contribution in [3.63, 3.8) is 0 Å². The first kappa shape index (κ1) is 12.4. The summed E-state index contributed by atoms with van der Waals surface area (Å²) in [6.07, 6.45) is 1.70. The van der Waals surface area contributed by atoms with Gasteiger partial charge in [0.2, 0.25) is 0 Å². The Morgan fingerprint density at radius 1 is 1.25 bits per heavy atom. The molecular formula is C13H10N4O2S. The fourth-order valence-electron chi connectivity index (χ4n) is 1.87. The van der Waals surface area contributed by atoms with Gasteiger partial charge in [-0.15, -0.1) is 0 Å². The van der Waals surface area contributed by atoms with E-state index in [0.29, 0.717) is 11.4 Å². The van der Waals surface area contributed by atoms with Crippen molar-refractivity contribution >= 4 is 22.7 Å². The number of nitrogens with two attached hydrogens (primary N) is 1. The second-order valence-corrected chi connectivity index (χ2v) is 4.94. The number of rotatable bonds is 3. The van der Waals surface area contributed by atoms with E-state index in [1.54, 1.807) is 34.3 Å². The van der Waals surface area contributed by atoms with E-state index in [0.717, 1.165) is 11.3 Å². The number of hydrogen-bond donors (Lipinski definition) is 1. The van der Waals surface area contributed by atoms with E-state index in [9.17, 15) is 10.1 Å². The molecule has 1 aromatic carbocycles. The normalized spacial score (nSPS) is 10.6. The lowest BCUT2D eigenvalue weighted by Crippen LogP contribution is -1.95. The number of aromatic nitrogens is 2. The van der Waals surface area contributed by atoms with Crippen molar-refractivity contribution in [2.45, 2.75) is 0 Å². The molecule has 3 rings (SSSR count). The molecular weight excluding hydrogens is 276 g/mol. The molecule has 2 heterocycles. The van der Waals surface area contributed by atoms with Crippen LogP contribution in [0.3, 0.4) is 0 Å². The molecule has 20 heavy (non-hydrogen) atoms. The molecule has 0 atom stereocenters. The molecule has 3 aromatic rings. The lowest BCUT2D eigenvalue weighted by atomic mass is 10.2. The minimum Gasteiger partial charge on any atom is -0.396 e. The average Bonchev–Trinajstić information content (AvgIpc) is 3.07. The Morgan fingerprint density at radius 3 is 2.60 bits per heavy atom. The van der Waals surface area contributed by atoms with E-state index in [1.165, 1.54) is 12.1 Å². The van der Waals surface area contributed by atoms with Gasteiger partial charge < -0.3 is 5.73 Å². The summed E-state index contributed by atoms with van der Waals surface area (Å²) in [7, 11) is 0. The third-order valence-corrected chi connectivity index (χ3v) is 3.55. The minimum absolute atomic E-state index is 0.0481. The molecule has 0 aliphatic heterocycles. The molecule has 0 radical (unpaired) electrons. The summed E-state index contributed by atoms with van der Waals surface area (Å²) in [5.74, 6) is 0. The fraction of sp³-hybridized carbons (Fsp3) is 0. The highest BCUT2D eigenvalue weighted by Crippen LogP contribution is 2.27. The molecule has 0 saturated carbocycles. The largest absolute Gasteiger partial charge is 0.396 e. The number of non-ortho nitro benzene ring substituents is 1. The van der Waals surface area contributed by atoms with Crippen LogP contribution < -0.4 is 5.73 Å². The number of nitrogen functional groups attached to an aromatic ring is 1. The zero-order valence-corrected chi connectivity index (χ0v) is 11.1. The number of hydrogen-bond acceptors (Lipinski definition) is 5. The Hall–Kier alpha value is -2.67.